The summed E-state index contributed by atoms with van der Waals surface area (Å²) >= 11 is 3.00. The van der Waals surface area contributed by atoms with Crippen molar-refractivity contribution in [3.63, 3.8) is 0 Å². The summed E-state index contributed by atoms with van der Waals surface area (Å²) in [5, 5.41) is 0. The van der Waals surface area contributed by atoms with Gasteiger partial charge >= 0.3 is 11.9 Å². The minimum absolute atomic E-state index is 0. The van der Waals surface area contributed by atoms with Crippen LogP contribution in [-0.2, 0) is 75.9 Å². The molecule has 0 fully saturated rings. The second kappa shape index (κ2) is 34.9. The van der Waals surface area contributed by atoms with Gasteiger partial charge in [0.1, 0.15) is 57.0 Å². The van der Waals surface area contributed by atoms with Gasteiger partial charge in [-0.25, -0.2) is 34.3 Å². The number of aryl methyl sites for hydroxylation is 4. The van der Waals surface area contributed by atoms with Crippen molar-refractivity contribution in [2.45, 2.75) is 67.9 Å². The number of thiophene rings is 2. The Kier molecular flexibility index (Phi) is 23.7. The summed E-state index contributed by atoms with van der Waals surface area (Å²) in [7, 11) is 0. The fourth-order valence-corrected chi connectivity index (χ4v) is 15.2. The van der Waals surface area contributed by atoms with Gasteiger partial charge in [-0.3, -0.25) is 33.7 Å². The number of terminal acetylenes is 4. The van der Waals surface area contributed by atoms with Crippen LogP contribution < -0.4 is 9.62 Å². The molecule has 0 spiro atoms. The Bertz CT molecular complexity index is 5960. The number of rotatable bonds is 24. The van der Waals surface area contributed by atoms with E-state index in [4.69, 9.17) is 93.6 Å². The highest BCUT2D eigenvalue weighted by Crippen LogP contribution is 2.39. The third-order valence-electron chi connectivity index (χ3n) is 18.7. The lowest BCUT2D eigenvalue weighted by Gasteiger charge is -2.14. The van der Waals surface area contributed by atoms with Crippen molar-refractivity contribution < 1.29 is 57.6 Å². The van der Waals surface area contributed by atoms with Gasteiger partial charge in [-0.05, 0) is 98.5 Å². The molecule has 4 aliphatic heterocycles. The smallest absolute Gasteiger partial charge is 0.361 e. The standard InChI is InChI=1S/C45H36N6O6.C41H32N6O6S2.CH4/c1-5-31-15-17-38-35(19-31)42(33-13-9-7-11-29(33)3)46-21-40-37(48-24-50(38)40)23-56-57-28-54-26-53-27-55-45(52)44-41-22-47-43(34-14-10-8-12-30(34)4)36-20-32(6-2)16-18-39(36)51(41)25-49-44;1-5-27-17-31-38(54-27)36(29-13-9-7-11-25(29)3)42-19-33-40(44-22-46(31)33)52-35(48)21-50-24-49-15-16-51-53-41-34-20-43-37(30-14-10-8-12-26(30)4)39-32(47(34)23-45-41)18-28(6-2)55-39;/h1-2,7-20,24-25H,21-23,26-28H2,3-4H3;1-2,7-14,17-18,22-23H,15-16,19-21,24H2,3-4H3;1H4. The molecule has 4 aliphatic rings. The van der Waals surface area contributed by atoms with Gasteiger partial charge in [0.2, 0.25) is 5.88 Å². The number of aromatic nitrogens is 8. The quantitative estimate of drug-likeness (QED) is 0.0136. The number of aliphatic imine (C=N–C) groups is 4. The van der Waals surface area contributed by atoms with Crippen molar-refractivity contribution in [1.82, 2.24) is 38.2 Å². The number of fused-ring (bicyclic) bond motifs is 12. The minimum Gasteiger partial charge on any atom is -0.434 e. The molecule has 26 heteroatoms. The molecule has 113 heavy (non-hydrogen) atoms. The van der Waals surface area contributed by atoms with E-state index in [0.29, 0.717) is 30.2 Å². The highest BCUT2D eigenvalue weighted by molar-refractivity contribution is 7.15. The molecule has 10 heterocycles. The van der Waals surface area contributed by atoms with Crippen LogP contribution in [0.2, 0.25) is 0 Å². The summed E-state index contributed by atoms with van der Waals surface area (Å²) in [5.74, 6) is 10.0. The molecular formula is C87H72N12O12S2. The number of carbonyl (C=O) groups excluding carboxylic acids is 2. The van der Waals surface area contributed by atoms with E-state index in [2.05, 4.69) is 81.7 Å². The van der Waals surface area contributed by atoms with Gasteiger partial charge in [0, 0.05) is 44.5 Å². The molecule has 0 radical (unpaired) electrons. The molecule has 0 bridgehead atoms. The van der Waals surface area contributed by atoms with Crippen molar-refractivity contribution in [3.8, 4) is 83.9 Å². The highest BCUT2D eigenvalue weighted by Gasteiger charge is 2.31. The van der Waals surface area contributed by atoms with Crippen LogP contribution in [0, 0.1) is 77.1 Å². The summed E-state index contributed by atoms with van der Waals surface area (Å²) in [5.41, 5.74) is 22.0. The van der Waals surface area contributed by atoms with E-state index in [0.717, 1.165) is 143 Å². The van der Waals surface area contributed by atoms with Crippen LogP contribution in [-0.4, -0.2) is 120 Å². The number of hydrogen-bond acceptors (Lipinski definition) is 22. The summed E-state index contributed by atoms with van der Waals surface area (Å²) in [4.78, 5) is 88.5. The second-order valence-electron chi connectivity index (χ2n) is 25.6. The molecule has 16 rings (SSSR count). The van der Waals surface area contributed by atoms with Crippen molar-refractivity contribution in [2.24, 2.45) is 20.0 Å². The molecule has 12 aromatic rings. The molecule has 6 aromatic heterocycles. The zero-order chi connectivity index (χ0) is 77.2. The maximum atomic E-state index is 13.2. The van der Waals surface area contributed by atoms with Gasteiger partial charge in [0.25, 0.3) is 5.88 Å². The molecule has 564 valence electrons. The van der Waals surface area contributed by atoms with Crippen molar-refractivity contribution in [1.29, 1.82) is 0 Å². The van der Waals surface area contributed by atoms with E-state index < -0.39 is 11.9 Å². The third-order valence-corrected chi connectivity index (χ3v) is 20.9. The van der Waals surface area contributed by atoms with Gasteiger partial charge in [0.05, 0.1) is 121 Å². The molecule has 0 amide bonds. The Labute approximate surface area is 659 Å². The van der Waals surface area contributed by atoms with Crippen LogP contribution in [0.5, 0.6) is 11.8 Å². The van der Waals surface area contributed by atoms with E-state index >= 15 is 0 Å². The van der Waals surface area contributed by atoms with E-state index in [1.165, 1.54) is 22.7 Å². The highest BCUT2D eigenvalue weighted by atomic mass is 32.1. The fraction of sp³-hybridized carbons (Fsp3) is 0.195. The first-order chi connectivity index (χ1) is 54.9. The summed E-state index contributed by atoms with van der Waals surface area (Å²) < 4.78 is 40.2. The lowest BCUT2D eigenvalue weighted by atomic mass is 9.95. The van der Waals surface area contributed by atoms with Crippen molar-refractivity contribution in [2.75, 3.05) is 47.0 Å². The fourth-order valence-electron chi connectivity index (χ4n) is 13.2. The molecular weight excluding hydrogens is 1470 g/mol. The van der Waals surface area contributed by atoms with Crippen LogP contribution in [0.1, 0.15) is 133 Å². The van der Waals surface area contributed by atoms with Crippen LogP contribution in [0.4, 0.5) is 0 Å². The van der Waals surface area contributed by atoms with Gasteiger partial charge in [-0.15, -0.1) is 48.4 Å². The van der Waals surface area contributed by atoms with Crippen molar-refractivity contribution in [3.05, 3.63) is 291 Å². The Hall–Kier alpha value is -13.1. The molecule has 24 nitrogen and oxygen atoms in total. The SMILES string of the molecule is C.C#Cc1cc2c(s1)C(c1ccccc1C)=NCc1c(OOCCOCOCC(=O)Oc3ncn4c3CN=C(c3ccccc3C)c3sc(C#C)cc3-4)ncn1-2.C#Cc1ccc2c(c1)C(c1ccccc1C)=NCc1c(COOCOCOCOC(=O)c3ncn4c3CN=C(c3ccccc3C)c3cc(C#C)ccc3-4)ncn1-2. The van der Waals surface area contributed by atoms with Gasteiger partial charge in [-0.2, -0.15) is 9.87 Å². The van der Waals surface area contributed by atoms with Crippen LogP contribution >= 0.6 is 22.7 Å². The van der Waals surface area contributed by atoms with E-state index in [9.17, 15) is 9.59 Å². The Morgan fingerprint density at radius 3 is 1.44 bits per heavy atom. The molecule has 0 saturated heterocycles. The Morgan fingerprint density at radius 1 is 0.434 bits per heavy atom. The van der Waals surface area contributed by atoms with E-state index in [-0.39, 0.29) is 91.6 Å². The average Bonchev–Trinajstić information content (AvgIpc) is 1.62. The van der Waals surface area contributed by atoms with Gasteiger partial charge in [0.15, 0.2) is 26.1 Å². The normalized spacial score (nSPS) is 12.6. The first-order valence-electron chi connectivity index (χ1n) is 35.2. The number of esters is 2. The maximum absolute atomic E-state index is 13.2. The number of hydrogen-bond donors (Lipinski definition) is 0. The predicted octanol–water partition coefficient (Wildman–Crippen LogP) is 13.6. The first kappa shape index (κ1) is 76.7. The number of nitrogens with zero attached hydrogens (tertiary/aromatic N) is 12. The monoisotopic (exact) mass is 1540 g/mol. The Balaban J connectivity index is 0.000000186. The minimum atomic E-state index is -0.659. The molecule has 0 atom stereocenters. The largest absolute Gasteiger partial charge is 0.434 e. The van der Waals surface area contributed by atoms with E-state index in [1.807, 2.05) is 153 Å². The third kappa shape index (κ3) is 16.2. The predicted molar refractivity (Wildman–Crippen MR) is 428 cm³/mol. The number of imidazole rings is 4. The van der Waals surface area contributed by atoms with E-state index in [1.54, 1.807) is 25.3 Å². The molecule has 0 N–H and O–H groups in total. The van der Waals surface area contributed by atoms with Gasteiger partial charge < -0.3 is 37.9 Å². The van der Waals surface area contributed by atoms with Crippen molar-refractivity contribution >= 4 is 57.5 Å². The zero-order valence-corrected chi connectivity index (χ0v) is 62.7. The Morgan fingerprint density at radius 2 is 0.894 bits per heavy atom. The number of ether oxygens (including phenoxy) is 6. The molecule has 0 saturated carbocycles. The lowest BCUT2D eigenvalue weighted by molar-refractivity contribution is -0.353. The maximum Gasteiger partial charge on any atom is 0.361 e. The topological polar surface area (TPSA) is 247 Å². The van der Waals surface area contributed by atoms with Crippen LogP contribution in [0.25, 0.3) is 22.7 Å². The zero-order valence-electron chi connectivity index (χ0n) is 61.0. The van der Waals surface area contributed by atoms with Crippen LogP contribution in [0.3, 0.4) is 0 Å². The summed E-state index contributed by atoms with van der Waals surface area (Å²) in [6.45, 7) is 8.20. The summed E-state index contributed by atoms with van der Waals surface area (Å²) in [6.07, 6.45) is 29.6. The molecule has 0 unspecified atom stereocenters. The average molecular weight is 1540 g/mol. The molecule has 0 aliphatic carbocycles. The summed E-state index contributed by atoms with van der Waals surface area (Å²) in [6, 6.07) is 47.7. The number of benzene rings is 6. The molecule has 6 aromatic carbocycles. The van der Waals surface area contributed by atoms with Gasteiger partial charge in [-0.1, -0.05) is 128 Å². The lowest BCUT2D eigenvalue weighted by Crippen LogP contribution is -2.18. The second-order valence-corrected chi connectivity index (χ2v) is 27.7. The number of carbonyl (C=O) groups is 2. The van der Waals surface area contributed by atoms with Crippen LogP contribution in [0.15, 0.2) is 191 Å². The first-order valence-corrected chi connectivity index (χ1v) is 36.8.